The molecule has 3 aromatic rings. The van der Waals surface area contributed by atoms with Crippen LogP contribution in [0.1, 0.15) is 54.2 Å². The summed E-state index contributed by atoms with van der Waals surface area (Å²) < 4.78 is 23.7. The van der Waals surface area contributed by atoms with Crippen molar-refractivity contribution in [1.29, 1.82) is 0 Å². The molecule has 186 valence electrons. The van der Waals surface area contributed by atoms with E-state index in [1.165, 1.54) is 0 Å². The molecule has 1 aliphatic rings. The van der Waals surface area contributed by atoms with Crippen LogP contribution >= 0.6 is 0 Å². The topological polar surface area (TPSA) is 92.9 Å². The van der Waals surface area contributed by atoms with Gasteiger partial charge >= 0.3 is 0 Å². The fourth-order valence-corrected chi connectivity index (χ4v) is 4.13. The second-order valence-corrected chi connectivity index (χ2v) is 8.94. The number of para-hydroxylation sites is 1. The number of ether oxygens (including phenoxy) is 4. The lowest BCUT2D eigenvalue weighted by Gasteiger charge is -2.22. The highest BCUT2D eigenvalue weighted by Crippen LogP contribution is 2.32. The number of nitrogens with two attached hydrogens (primary N) is 1. The highest BCUT2D eigenvalue weighted by Gasteiger charge is 2.17. The third kappa shape index (κ3) is 6.42. The van der Waals surface area contributed by atoms with E-state index < -0.39 is 5.91 Å². The first-order valence-electron chi connectivity index (χ1n) is 12.3. The minimum Gasteiger partial charge on any atom is -0.493 e. The standard InChI is InChI=1S/C28H34N2O5/c1-3-4-11-33-27-19(2)26(30-25-8-6-5-7-24(25)27)18-35-23-15-21(28(29)31)14-22(16-23)34-17-20-9-12-32-13-10-20/h5-8,14-16,20H,3-4,9-13,17-18H2,1-2H3,(H2,29,31). The molecule has 1 fully saturated rings. The Kier molecular flexibility index (Phi) is 8.42. The molecule has 1 aromatic heterocycles. The van der Waals surface area contributed by atoms with Crippen LogP contribution in [-0.2, 0) is 11.3 Å². The summed E-state index contributed by atoms with van der Waals surface area (Å²) in [5.74, 6) is 1.81. The van der Waals surface area contributed by atoms with Gasteiger partial charge in [0.1, 0.15) is 23.9 Å². The predicted octanol–water partition coefficient (Wildman–Crippen LogP) is 5.21. The van der Waals surface area contributed by atoms with E-state index in [4.69, 9.17) is 29.7 Å². The monoisotopic (exact) mass is 478 g/mol. The van der Waals surface area contributed by atoms with Crippen molar-refractivity contribution in [3.8, 4) is 17.2 Å². The zero-order valence-electron chi connectivity index (χ0n) is 20.5. The molecule has 0 unspecified atom stereocenters. The molecule has 0 bridgehead atoms. The fourth-order valence-electron chi connectivity index (χ4n) is 4.13. The Bertz CT molecular complexity index is 1160. The van der Waals surface area contributed by atoms with Crippen molar-refractivity contribution in [2.45, 2.75) is 46.1 Å². The van der Waals surface area contributed by atoms with Gasteiger partial charge in [0.25, 0.3) is 0 Å². The molecule has 35 heavy (non-hydrogen) atoms. The first-order valence-corrected chi connectivity index (χ1v) is 12.3. The van der Waals surface area contributed by atoms with Crippen molar-refractivity contribution in [2.75, 3.05) is 26.4 Å². The number of rotatable bonds is 11. The fraction of sp³-hybridized carbons (Fsp3) is 0.429. The molecule has 7 nitrogen and oxygen atoms in total. The van der Waals surface area contributed by atoms with Gasteiger partial charge in [0.15, 0.2) is 0 Å². The smallest absolute Gasteiger partial charge is 0.248 e. The van der Waals surface area contributed by atoms with Crippen molar-refractivity contribution in [3.63, 3.8) is 0 Å². The van der Waals surface area contributed by atoms with Crippen LogP contribution < -0.4 is 19.9 Å². The van der Waals surface area contributed by atoms with Gasteiger partial charge in [-0.25, -0.2) is 4.98 Å². The van der Waals surface area contributed by atoms with E-state index in [0.717, 1.165) is 66.8 Å². The summed E-state index contributed by atoms with van der Waals surface area (Å²) in [4.78, 5) is 16.7. The maximum absolute atomic E-state index is 11.9. The lowest BCUT2D eigenvalue weighted by atomic mass is 10.0. The quantitative estimate of drug-likeness (QED) is 0.381. The number of unbranched alkanes of at least 4 members (excludes halogenated alkanes) is 1. The van der Waals surface area contributed by atoms with Crippen LogP contribution in [0.2, 0.25) is 0 Å². The van der Waals surface area contributed by atoms with Crippen LogP contribution in [0.15, 0.2) is 42.5 Å². The molecule has 0 spiro atoms. The first kappa shape index (κ1) is 24.8. The highest BCUT2D eigenvalue weighted by atomic mass is 16.5. The average molecular weight is 479 g/mol. The van der Waals surface area contributed by atoms with Crippen LogP contribution in [0.25, 0.3) is 10.9 Å². The summed E-state index contributed by atoms with van der Waals surface area (Å²) in [5, 5.41) is 0.990. The number of pyridine rings is 1. The number of carbonyl (C=O) groups is 1. The number of aromatic nitrogens is 1. The number of amides is 1. The van der Waals surface area contributed by atoms with Crippen LogP contribution in [0, 0.1) is 12.8 Å². The van der Waals surface area contributed by atoms with E-state index in [1.807, 2.05) is 31.2 Å². The van der Waals surface area contributed by atoms with Gasteiger partial charge in [0, 0.05) is 35.8 Å². The van der Waals surface area contributed by atoms with E-state index in [2.05, 4.69) is 6.92 Å². The number of benzene rings is 2. The van der Waals surface area contributed by atoms with Gasteiger partial charge in [-0.1, -0.05) is 25.5 Å². The molecule has 1 amide bonds. The van der Waals surface area contributed by atoms with Crippen molar-refractivity contribution in [1.82, 2.24) is 4.98 Å². The van der Waals surface area contributed by atoms with Gasteiger partial charge in [0.2, 0.25) is 5.91 Å². The zero-order valence-corrected chi connectivity index (χ0v) is 20.5. The second kappa shape index (κ2) is 11.9. The number of nitrogens with zero attached hydrogens (tertiary/aromatic N) is 1. The maximum Gasteiger partial charge on any atom is 0.248 e. The van der Waals surface area contributed by atoms with E-state index in [0.29, 0.717) is 36.2 Å². The molecule has 0 saturated carbocycles. The Morgan fingerprint density at radius 2 is 1.83 bits per heavy atom. The Morgan fingerprint density at radius 3 is 2.57 bits per heavy atom. The van der Waals surface area contributed by atoms with Gasteiger partial charge in [0.05, 0.1) is 24.4 Å². The van der Waals surface area contributed by atoms with Gasteiger partial charge in [-0.3, -0.25) is 4.79 Å². The SMILES string of the molecule is CCCCOc1c(C)c(COc2cc(OCC3CCOCC3)cc(C(N)=O)c2)nc2ccccc12. The van der Waals surface area contributed by atoms with Crippen LogP contribution in [-0.4, -0.2) is 37.3 Å². The van der Waals surface area contributed by atoms with E-state index in [-0.39, 0.29) is 6.61 Å². The zero-order chi connectivity index (χ0) is 24.6. The molecule has 4 rings (SSSR count). The third-order valence-electron chi connectivity index (χ3n) is 6.29. The molecular formula is C28H34N2O5. The molecular weight excluding hydrogens is 444 g/mol. The van der Waals surface area contributed by atoms with Crippen LogP contribution in [0.5, 0.6) is 17.2 Å². The number of fused-ring (bicyclic) bond motifs is 1. The van der Waals surface area contributed by atoms with E-state index in [1.54, 1.807) is 18.2 Å². The highest BCUT2D eigenvalue weighted by molar-refractivity contribution is 5.93. The van der Waals surface area contributed by atoms with Crippen molar-refractivity contribution in [2.24, 2.45) is 11.7 Å². The molecule has 0 radical (unpaired) electrons. The van der Waals surface area contributed by atoms with Crippen molar-refractivity contribution >= 4 is 16.8 Å². The minimum atomic E-state index is -0.530. The summed E-state index contributed by atoms with van der Waals surface area (Å²) in [6.45, 7) is 7.10. The van der Waals surface area contributed by atoms with E-state index >= 15 is 0 Å². The number of hydrogen-bond donors (Lipinski definition) is 1. The Labute approximate surface area is 206 Å². The molecule has 7 heteroatoms. The summed E-state index contributed by atoms with van der Waals surface area (Å²) in [6, 6.07) is 13.0. The van der Waals surface area contributed by atoms with Gasteiger partial charge in [-0.2, -0.15) is 0 Å². The molecule has 2 aromatic carbocycles. The van der Waals surface area contributed by atoms with Gasteiger partial charge in [-0.05, 0) is 56.4 Å². The third-order valence-corrected chi connectivity index (χ3v) is 6.29. The first-order chi connectivity index (χ1) is 17.0. The minimum absolute atomic E-state index is 0.225. The predicted molar refractivity (Wildman–Crippen MR) is 135 cm³/mol. The van der Waals surface area contributed by atoms with Crippen LogP contribution in [0.3, 0.4) is 0 Å². The number of carbonyl (C=O) groups excluding carboxylic acids is 1. The average Bonchev–Trinajstić information content (AvgIpc) is 2.88. The van der Waals surface area contributed by atoms with E-state index in [9.17, 15) is 4.79 Å². The molecule has 2 N–H and O–H groups in total. The summed E-state index contributed by atoms with van der Waals surface area (Å²) in [6.07, 6.45) is 3.98. The molecule has 1 saturated heterocycles. The maximum atomic E-state index is 11.9. The normalized spacial score (nSPS) is 14.1. The molecule has 0 aliphatic carbocycles. The Balaban J connectivity index is 1.53. The lowest BCUT2D eigenvalue weighted by molar-refractivity contribution is 0.0497. The van der Waals surface area contributed by atoms with Gasteiger partial charge < -0.3 is 24.7 Å². The van der Waals surface area contributed by atoms with Crippen molar-refractivity contribution < 1.29 is 23.7 Å². The molecule has 0 atom stereocenters. The molecule has 1 aliphatic heterocycles. The Hall–Kier alpha value is -3.32. The van der Waals surface area contributed by atoms with Crippen LogP contribution in [0.4, 0.5) is 0 Å². The van der Waals surface area contributed by atoms with Gasteiger partial charge in [-0.15, -0.1) is 0 Å². The largest absolute Gasteiger partial charge is 0.493 e. The second-order valence-electron chi connectivity index (χ2n) is 8.94. The lowest BCUT2D eigenvalue weighted by Crippen LogP contribution is -2.21. The summed E-state index contributed by atoms with van der Waals surface area (Å²) in [5.41, 5.74) is 8.49. The molecule has 2 heterocycles. The summed E-state index contributed by atoms with van der Waals surface area (Å²) in [7, 11) is 0. The summed E-state index contributed by atoms with van der Waals surface area (Å²) >= 11 is 0. The Morgan fingerprint density at radius 1 is 1.09 bits per heavy atom. The number of primary amides is 1. The van der Waals surface area contributed by atoms with Crippen molar-refractivity contribution in [3.05, 3.63) is 59.3 Å². The number of hydrogen-bond acceptors (Lipinski definition) is 6.